The average molecular weight is 282 g/mol. The fraction of sp³-hybridized carbons (Fsp3) is 0.867. The van der Waals surface area contributed by atoms with E-state index in [1.165, 1.54) is 12.8 Å². The Morgan fingerprint density at radius 1 is 1.10 bits per heavy atom. The maximum atomic E-state index is 12.6. The van der Waals surface area contributed by atoms with Crippen molar-refractivity contribution in [3.63, 3.8) is 0 Å². The third kappa shape index (κ3) is 3.14. The van der Waals surface area contributed by atoms with Crippen molar-refractivity contribution in [3.05, 3.63) is 0 Å². The molecule has 5 nitrogen and oxygen atoms in total. The van der Waals surface area contributed by atoms with Gasteiger partial charge in [-0.3, -0.25) is 14.5 Å². The maximum absolute atomic E-state index is 12.6. The Kier molecular flexibility index (Phi) is 4.68. The van der Waals surface area contributed by atoms with Gasteiger partial charge in [0, 0.05) is 26.2 Å². The highest BCUT2D eigenvalue weighted by Gasteiger charge is 2.43. The van der Waals surface area contributed by atoms with Crippen molar-refractivity contribution in [2.24, 2.45) is 5.41 Å². The fourth-order valence-corrected chi connectivity index (χ4v) is 3.21. The van der Waals surface area contributed by atoms with Crippen LogP contribution in [0.2, 0.25) is 0 Å². The second-order valence-corrected chi connectivity index (χ2v) is 6.50. The summed E-state index contributed by atoms with van der Waals surface area (Å²) in [6.07, 6.45) is 5.22. The van der Waals surface area contributed by atoms with Gasteiger partial charge < -0.3 is 10.0 Å². The number of carbonyl (C=O) groups excluding carboxylic acids is 1. The Hall–Kier alpha value is -1.10. The third-order valence-electron chi connectivity index (χ3n) is 4.84. The molecular weight excluding hydrogens is 256 g/mol. The SMILES string of the molecule is CC(C(=O)N1CCCCCC1)N1CCC(C)(C(=O)O)C1. The minimum atomic E-state index is -0.755. The molecule has 0 aliphatic carbocycles. The lowest BCUT2D eigenvalue weighted by Gasteiger charge is -2.30. The van der Waals surface area contributed by atoms with Gasteiger partial charge in [0.05, 0.1) is 11.5 Å². The first-order valence-corrected chi connectivity index (χ1v) is 7.70. The van der Waals surface area contributed by atoms with Crippen molar-refractivity contribution in [1.29, 1.82) is 0 Å². The molecule has 0 radical (unpaired) electrons. The van der Waals surface area contributed by atoms with E-state index in [1.54, 1.807) is 6.92 Å². The Balaban J connectivity index is 1.95. The maximum Gasteiger partial charge on any atom is 0.310 e. The molecule has 1 N–H and O–H groups in total. The molecule has 0 spiro atoms. The quantitative estimate of drug-likeness (QED) is 0.853. The van der Waals surface area contributed by atoms with Crippen LogP contribution in [0, 0.1) is 5.41 Å². The van der Waals surface area contributed by atoms with Crippen LogP contribution in [-0.4, -0.2) is 59.0 Å². The molecule has 2 unspecified atom stereocenters. The first-order chi connectivity index (χ1) is 9.44. The highest BCUT2D eigenvalue weighted by Crippen LogP contribution is 2.31. The fourth-order valence-electron chi connectivity index (χ4n) is 3.21. The topological polar surface area (TPSA) is 60.9 Å². The van der Waals surface area contributed by atoms with Gasteiger partial charge in [0.25, 0.3) is 0 Å². The molecule has 2 fully saturated rings. The minimum Gasteiger partial charge on any atom is -0.481 e. The molecule has 114 valence electrons. The van der Waals surface area contributed by atoms with Gasteiger partial charge in [-0.2, -0.15) is 0 Å². The van der Waals surface area contributed by atoms with Crippen molar-refractivity contribution in [2.45, 2.75) is 52.0 Å². The number of likely N-dealkylation sites (tertiary alicyclic amines) is 2. The minimum absolute atomic E-state index is 0.168. The largest absolute Gasteiger partial charge is 0.481 e. The molecule has 2 aliphatic rings. The van der Waals surface area contributed by atoms with Crippen LogP contribution in [0.15, 0.2) is 0 Å². The summed E-state index contributed by atoms with van der Waals surface area (Å²) in [7, 11) is 0. The summed E-state index contributed by atoms with van der Waals surface area (Å²) in [5, 5.41) is 9.27. The molecule has 2 aliphatic heterocycles. The van der Waals surface area contributed by atoms with Crippen LogP contribution in [0.25, 0.3) is 0 Å². The van der Waals surface area contributed by atoms with E-state index in [0.29, 0.717) is 19.5 Å². The lowest BCUT2D eigenvalue weighted by atomic mass is 9.90. The third-order valence-corrected chi connectivity index (χ3v) is 4.84. The molecule has 2 rings (SSSR count). The zero-order valence-corrected chi connectivity index (χ0v) is 12.6. The molecule has 5 heteroatoms. The van der Waals surface area contributed by atoms with Crippen molar-refractivity contribution >= 4 is 11.9 Å². The lowest BCUT2D eigenvalue weighted by Crippen LogP contribution is -2.47. The van der Waals surface area contributed by atoms with Gasteiger partial charge in [0.2, 0.25) is 5.91 Å². The second-order valence-electron chi connectivity index (χ2n) is 6.50. The number of rotatable bonds is 3. The van der Waals surface area contributed by atoms with E-state index >= 15 is 0 Å². The van der Waals surface area contributed by atoms with Gasteiger partial charge in [0.1, 0.15) is 0 Å². The number of aliphatic carboxylic acids is 1. The monoisotopic (exact) mass is 282 g/mol. The van der Waals surface area contributed by atoms with Crippen LogP contribution in [0.4, 0.5) is 0 Å². The lowest BCUT2D eigenvalue weighted by molar-refractivity contribution is -0.148. The van der Waals surface area contributed by atoms with E-state index in [2.05, 4.69) is 0 Å². The predicted molar refractivity (Wildman–Crippen MR) is 76.4 cm³/mol. The van der Waals surface area contributed by atoms with E-state index in [0.717, 1.165) is 25.9 Å². The molecule has 2 heterocycles. The molecule has 0 aromatic heterocycles. The molecule has 0 bridgehead atoms. The summed E-state index contributed by atoms with van der Waals surface area (Å²) in [6.45, 7) is 6.58. The number of hydrogen-bond donors (Lipinski definition) is 1. The Morgan fingerprint density at radius 3 is 2.20 bits per heavy atom. The highest BCUT2D eigenvalue weighted by molar-refractivity contribution is 5.82. The summed E-state index contributed by atoms with van der Waals surface area (Å²) in [6, 6.07) is -0.200. The van der Waals surface area contributed by atoms with Gasteiger partial charge in [-0.05, 0) is 33.1 Å². The van der Waals surface area contributed by atoms with Crippen molar-refractivity contribution in [3.8, 4) is 0 Å². The number of nitrogens with zero attached hydrogens (tertiary/aromatic N) is 2. The summed E-state index contributed by atoms with van der Waals surface area (Å²) >= 11 is 0. The molecule has 2 atom stereocenters. The molecule has 1 amide bonds. The molecule has 2 saturated heterocycles. The molecular formula is C15H26N2O3. The van der Waals surface area contributed by atoms with E-state index in [-0.39, 0.29) is 11.9 Å². The molecule has 0 aromatic carbocycles. The van der Waals surface area contributed by atoms with E-state index in [9.17, 15) is 14.7 Å². The smallest absolute Gasteiger partial charge is 0.310 e. The van der Waals surface area contributed by atoms with E-state index < -0.39 is 11.4 Å². The normalized spacial score (nSPS) is 30.0. The van der Waals surface area contributed by atoms with Crippen LogP contribution >= 0.6 is 0 Å². The Morgan fingerprint density at radius 2 is 1.70 bits per heavy atom. The summed E-state index contributed by atoms with van der Waals surface area (Å²) in [5.41, 5.74) is -0.701. The van der Waals surface area contributed by atoms with Gasteiger partial charge >= 0.3 is 5.97 Å². The first kappa shape index (κ1) is 15.3. The summed E-state index contributed by atoms with van der Waals surface area (Å²) < 4.78 is 0. The van der Waals surface area contributed by atoms with Crippen LogP contribution in [-0.2, 0) is 9.59 Å². The highest BCUT2D eigenvalue weighted by atomic mass is 16.4. The first-order valence-electron chi connectivity index (χ1n) is 7.70. The van der Waals surface area contributed by atoms with Gasteiger partial charge in [0.15, 0.2) is 0 Å². The van der Waals surface area contributed by atoms with Gasteiger partial charge in [-0.1, -0.05) is 12.8 Å². The average Bonchev–Trinajstić information content (AvgIpc) is 2.65. The second kappa shape index (κ2) is 6.12. The zero-order valence-electron chi connectivity index (χ0n) is 12.6. The number of hydrogen-bond acceptors (Lipinski definition) is 3. The molecule has 0 aromatic rings. The molecule has 0 saturated carbocycles. The Labute approximate surface area is 120 Å². The molecule has 20 heavy (non-hydrogen) atoms. The predicted octanol–water partition coefficient (Wildman–Crippen LogP) is 1.57. The summed E-state index contributed by atoms with van der Waals surface area (Å²) in [5.74, 6) is -0.587. The van der Waals surface area contributed by atoms with Crippen LogP contribution in [0.1, 0.15) is 46.0 Å². The number of carbonyl (C=O) groups is 2. The van der Waals surface area contributed by atoms with E-state index in [4.69, 9.17) is 0 Å². The zero-order chi connectivity index (χ0) is 14.8. The van der Waals surface area contributed by atoms with Crippen LogP contribution in [0.3, 0.4) is 0 Å². The Bertz CT molecular complexity index is 377. The standard InChI is InChI=1S/C15H26N2O3/c1-12(13(18)16-8-5-3-4-6-9-16)17-10-7-15(2,11-17)14(19)20/h12H,3-11H2,1-2H3,(H,19,20). The number of amides is 1. The van der Waals surface area contributed by atoms with Crippen LogP contribution in [0.5, 0.6) is 0 Å². The van der Waals surface area contributed by atoms with Crippen molar-refractivity contribution in [1.82, 2.24) is 9.80 Å². The van der Waals surface area contributed by atoms with E-state index in [1.807, 2.05) is 16.7 Å². The number of carboxylic acids is 1. The van der Waals surface area contributed by atoms with Crippen molar-refractivity contribution in [2.75, 3.05) is 26.2 Å². The summed E-state index contributed by atoms with van der Waals surface area (Å²) in [4.78, 5) is 27.8. The van der Waals surface area contributed by atoms with Gasteiger partial charge in [-0.25, -0.2) is 0 Å². The van der Waals surface area contributed by atoms with Crippen LogP contribution < -0.4 is 0 Å². The van der Waals surface area contributed by atoms with Crippen molar-refractivity contribution < 1.29 is 14.7 Å². The number of carboxylic acid groups (broad SMARTS) is 1. The van der Waals surface area contributed by atoms with Gasteiger partial charge in [-0.15, -0.1) is 0 Å².